The van der Waals surface area contributed by atoms with Gasteiger partial charge in [-0.05, 0) is 53.8 Å². The molecule has 1 N–H and O–H groups in total. The summed E-state index contributed by atoms with van der Waals surface area (Å²) in [4.78, 5) is 0. The van der Waals surface area contributed by atoms with E-state index in [1.165, 1.54) is 11.1 Å². The molecule has 0 radical (unpaired) electrons. The molecule has 4 heteroatoms. The van der Waals surface area contributed by atoms with Gasteiger partial charge in [-0.3, -0.25) is 0 Å². The largest absolute Gasteiger partial charge is 0.489 e. The molecule has 32 heavy (non-hydrogen) atoms. The Morgan fingerprint density at radius 1 is 0.844 bits per heavy atom. The fourth-order valence-electron chi connectivity index (χ4n) is 3.89. The average Bonchev–Trinajstić information content (AvgIpc) is 2.87. The first-order valence-corrected chi connectivity index (χ1v) is 11.1. The topological polar surface area (TPSA) is 39.7 Å². The fraction of sp³-hybridized carbons (Fsp3) is 0.214. The number of fused-ring (bicyclic) bond motifs is 1. The summed E-state index contributed by atoms with van der Waals surface area (Å²) >= 11 is 0. The second-order valence-corrected chi connectivity index (χ2v) is 8.06. The summed E-state index contributed by atoms with van der Waals surface area (Å²) in [7, 11) is 0. The fourth-order valence-corrected chi connectivity index (χ4v) is 3.89. The highest BCUT2D eigenvalue weighted by molar-refractivity contribution is 5.61. The number of nitrogens with one attached hydrogen (secondary N) is 1. The third-order valence-electron chi connectivity index (χ3n) is 5.70. The third-order valence-corrected chi connectivity index (χ3v) is 5.70. The molecule has 5 rings (SSSR count). The zero-order valence-electron chi connectivity index (χ0n) is 18.0. The summed E-state index contributed by atoms with van der Waals surface area (Å²) in [6, 6.07) is 24.5. The van der Waals surface area contributed by atoms with Crippen LogP contribution in [0.2, 0.25) is 0 Å². The zero-order chi connectivity index (χ0) is 21.6. The number of hydrogen-bond acceptors (Lipinski definition) is 4. The molecule has 1 aliphatic heterocycles. The van der Waals surface area contributed by atoms with Gasteiger partial charge in [0.25, 0.3) is 0 Å². The van der Waals surface area contributed by atoms with Crippen LogP contribution in [0.3, 0.4) is 0 Å². The number of allylic oxidation sites excluding steroid dienone is 2. The molecule has 0 saturated heterocycles. The Morgan fingerprint density at radius 2 is 1.66 bits per heavy atom. The highest BCUT2D eigenvalue weighted by Crippen LogP contribution is 2.37. The SMILES string of the molecule is C1=CC(COc2ccc([C@@H]3COc4cc(OCc5ccccc5)ccc4N3)cc2)=CCC1. The first kappa shape index (κ1) is 20.3. The molecule has 0 saturated carbocycles. The van der Waals surface area contributed by atoms with Crippen LogP contribution in [0.25, 0.3) is 0 Å². The van der Waals surface area contributed by atoms with E-state index in [4.69, 9.17) is 14.2 Å². The van der Waals surface area contributed by atoms with Crippen LogP contribution in [-0.4, -0.2) is 13.2 Å². The summed E-state index contributed by atoms with van der Waals surface area (Å²) in [6.45, 7) is 1.72. The summed E-state index contributed by atoms with van der Waals surface area (Å²) in [5.41, 5.74) is 4.53. The second kappa shape index (κ2) is 9.65. The van der Waals surface area contributed by atoms with E-state index in [1.807, 2.05) is 48.5 Å². The molecule has 0 bridgehead atoms. The Kier molecular flexibility index (Phi) is 6.11. The van der Waals surface area contributed by atoms with Gasteiger partial charge in [0.05, 0.1) is 11.7 Å². The lowest BCUT2D eigenvalue weighted by atomic mass is 10.1. The molecule has 4 nitrogen and oxygen atoms in total. The maximum Gasteiger partial charge on any atom is 0.146 e. The summed E-state index contributed by atoms with van der Waals surface area (Å²) in [5.74, 6) is 2.50. The standard InChI is InChI=1S/C28H27NO3/c1-3-7-21(8-4-1)18-30-24-13-11-23(12-14-24)27-20-32-28-17-25(15-16-26(28)29-27)31-19-22-9-5-2-6-10-22/h2-3,5-17,27,29H,1,4,18-20H2/t27-/m0/s1. The van der Waals surface area contributed by atoms with E-state index in [-0.39, 0.29) is 6.04 Å². The van der Waals surface area contributed by atoms with Gasteiger partial charge < -0.3 is 19.5 Å². The van der Waals surface area contributed by atoms with Gasteiger partial charge in [0, 0.05) is 6.07 Å². The van der Waals surface area contributed by atoms with Crippen LogP contribution < -0.4 is 19.5 Å². The highest BCUT2D eigenvalue weighted by atomic mass is 16.5. The van der Waals surface area contributed by atoms with Gasteiger partial charge in [-0.15, -0.1) is 0 Å². The third kappa shape index (κ3) is 4.97. The van der Waals surface area contributed by atoms with Gasteiger partial charge in [0.15, 0.2) is 0 Å². The van der Waals surface area contributed by atoms with Crippen LogP contribution in [0.5, 0.6) is 17.2 Å². The van der Waals surface area contributed by atoms with Gasteiger partial charge in [0.2, 0.25) is 0 Å². The Hall–Kier alpha value is -3.66. The molecule has 0 amide bonds. The van der Waals surface area contributed by atoms with E-state index in [0.717, 1.165) is 41.3 Å². The predicted octanol–water partition coefficient (Wildman–Crippen LogP) is 6.47. The molecule has 0 fully saturated rings. The van der Waals surface area contributed by atoms with Crippen molar-refractivity contribution in [1.82, 2.24) is 0 Å². The van der Waals surface area contributed by atoms with Crippen molar-refractivity contribution in [2.75, 3.05) is 18.5 Å². The number of ether oxygens (including phenoxy) is 3. The number of anilines is 1. The molecule has 3 aromatic carbocycles. The Morgan fingerprint density at radius 3 is 2.47 bits per heavy atom. The number of benzene rings is 3. The van der Waals surface area contributed by atoms with Crippen LogP contribution in [0, 0.1) is 0 Å². The Labute approximate surface area is 189 Å². The summed E-state index contributed by atoms with van der Waals surface area (Å²) in [6.07, 6.45) is 8.82. The van der Waals surface area contributed by atoms with E-state index in [9.17, 15) is 0 Å². The smallest absolute Gasteiger partial charge is 0.146 e. The van der Waals surface area contributed by atoms with Gasteiger partial charge in [-0.2, -0.15) is 0 Å². The highest BCUT2D eigenvalue weighted by Gasteiger charge is 2.21. The van der Waals surface area contributed by atoms with Gasteiger partial charge in [-0.25, -0.2) is 0 Å². The van der Waals surface area contributed by atoms with E-state index < -0.39 is 0 Å². The second-order valence-electron chi connectivity index (χ2n) is 8.06. The van der Waals surface area contributed by atoms with Gasteiger partial charge in [0.1, 0.15) is 37.1 Å². The van der Waals surface area contributed by atoms with Crippen LogP contribution >= 0.6 is 0 Å². The minimum absolute atomic E-state index is 0.0941. The lowest BCUT2D eigenvalue weighted by Gasteiger charge is -2.28. The van der Waals surface area contributed by atoms with Crippen LogP contribution in [-0.2, 0) is 6.61 Å². The molecule has 0 unspecified atom stereocenters. The Balaban J connectivity index is 1.17. The number of hydrogen-bond donors (Lipinski definition) is 1. The minimum atomic E-state index is 0.0941. The summed E-state index contributed by atoms with van der Waals surface area (Å²) in [5, 5.41) is 3.58. The predicted molar refractivity (Wildman–Crippen MR) is 127 cm³/mol. The van der Waals surface area contributed by atoms with Crippen molar-refractivity contribution in [3.05, 3.63) is 108 Å². The Bertz CT molecular complexity index is 1100. The van der Waals surface area contributed by atoms with E-state index in [1.54, 1.807) is 0 Å². The molecule has 1 atom stereocenters. The van der Waals surface area contributed by atoms with Crippen molar-refractivity contribution in [2.24, 2.45) is 0 Å². The maximum atomic E-state index is 6.05. The van der Waals surface area contributed by atoms with E-state index in [2.05, 4.69) is 47.8 Å². The average molecular weight is 426 g/mol. The van der Waals surface area contributed by atoms with Crippen molar-refractivity contribution in [2.45, 2.75) is 25.5 Å². The lowest BCUT2D eigenvalue weighted by Crippen LogP contribution is -2.23. The molecular formula is C28H27NO3. The summed E-state index contributed by atoms with van der Waals surface area (Å²) < 4.78 is 17.9. The van der Waals surface area contributed by atoms with Crippen molar-refractivity contribution >= 4 is 5.69 Å². The molecule has 0 aromatic heterocycles. The van der Waals surface area contributed by atoms with Crippen molar-refractivity contribution < 1.29 is 14.2 Å². The van der Waals surface area contributed by atoms with Crippen LogP contribution in [0.15, 0.2) is 96.6 Å². The van der Waals surface area contributed by atoms with Crippen molar-refractivity contribution in [3.8, 4) is 17.2 Å². The monoisotopic (exact) mass is 425 g/mol. The van der Waals surface area contributed by atoms with Crippen LogP contribution in [0.4, 0.5) is 5.69 Å². The maximum absolute atomic E-state index is 6.05. The van der Waals surface area contributed by atoms with E-state index in [0.29, 0.717) is 19.8 Å². The minimum Gasteiger partial charge on any atom is -0.489 e. The van der Waals surface area contributed by atoms with Crippen LogP contribution in [0.1, 0.15) is 30.0 Å². The molecule has 1 heterocycles. The lowest BCUT2D eigenvalue weighted by molar-refractivity contribution is 0.277. The normalized spacial score (nSPS) is 16.9. The molecule has 0 spiro atoms. The first-order chi connectivity index (χ1) is 15.8. The van der Waals surface area contributed by atoms with Crippen molar-refractivity contribution in [3.63, 3.8) is 0 Å². The van der Waals surface area contributed by atoms with Crippen molar-refractivity contribution in [1.29, 1.82) is 0 Å². The van der Waals surface area contributed by atoms with Gasteiger partial charge >= 0.3 is 0 Å². The molecular weight excluding hydrogens is 398 g/mol. The number of rotatable bonds is 7. The quantitative estimate of drug-likeness (QED) is 0.471. The van der Waals surface area contributed by atoms with Gasteiger partial charge in [-0.1, -0.05) is 60.7 Å². The molecule has 162 valence electrons. The molecule has 1 aliphatic carbocycles. The molecule has 3 aromatic rings. The van der Waals surface area contributed by atoms with E-state index >= 15 is 0 Å². The zero-order valence-corrected chi connectivity index (χ0v) is 18.0. The molecule has 2 aliphatic rings. The first-order valence-electron chi connectivity index (χ1n) is 11.1.